The van der Waals surface area contributed by atoms with Gasteiger partial charge in [0.25, 0.3) is 0 Å². The molecule has 0 saturated heterocycles. The van der Waals surface area contributed by atoms with Gasteiger partial charge in [0.1, 0.15) is 0 Å². The molecule has 0 spiro atoms. The highest BCUT2D eigenvalue weighted by Crippen LogP contribution is 2.26. The smallest absolute Gasteiger partial charge is 0.330 e. The number of allylic oxidation sites excluding steroid dienone is 1. The molecule has 0 aliphatic rings. The van der Waals surface area contributed by atoms with E-state index in [1.54, 1.807) is 36.1 Å². The monoisotopic (exact) mass is 267 g/mol. The fourth-order valence-corrected chi connectivity index (χ4v) is 1.82. The topological polar surface area (TPSA) is 58.4 Å². The van der Waals surface area contributed by atoms with Crippen LogP contribution in [0.15, 0.2) is 66.9 Å². The average molecular weight is 267 g/mol. The fourth-order valence-electron chi connectivity index (χ4n) is 1.82. The maximum absolute atomic E-state index is 12.4. The van der Waals surface area contributed by atoms with Crippen LogP contribution in [0.3, 0.4) is 0 Å². The van der Waals surface area contributed by atoms with Crippen molar-refractivity contribution in [2.75, 3.05) is 10.6 Å². The molecule has 0 saturated carbocycles. The molecular weight excluding hydrogens is 250 g/mol. The van der Waals surface area contributed by atoms with Crippen molar-refractivity contribution in [1.29, 1.82) is 0 Å². The first-order valence-electron chi connectivity index (χ1n) is 6.25. The Morgan fingerprint density at radius 3 is 2.15 bits per heavy atom. The van der Waals surface area contributed by atoms with E-state index >= 15 is 0 Å². The third kappa shape index (κ3) is 3.17. The summed E-state index contributed by atoms with van der Waals surface area (Å²) in [7, 11) is 0. The predicted molar refractivity (Wildman–Crippen MR) is 82.8 cm³/mol. The van der Waals surface area contributed by atoms with Gasteiger partial charge in [0.05, 0.1) is 11.4 Å². The maximum atomic E-state index is 12.4. The number of urea groups is 1. The van der Waals surface area contributed by atoms with E-state index in [-0.39, 0.29) is 6.03 Å². The summed E-state index contributed by atoms with van der Waals surface area (Å²) in [4.78, 5) is 13.9. The highest BCUT2D eigenvalue weighted by molar-refractivity contribution is 6.00. The summed E-state index contributed by atoms with van der Waals surface area (Å²) in [6, 6.07) is 16.3. The molecule has 0 atom stereocenters. The third-order valence-electron chi connectivity index (χ3n) is 2.69. The van der Waals surface area contributed by atoms with Gasteiger partial charge in [0.15, 0.2) is 0 Å². The van der Waals surface area contributed by atoms with Crippen molar-refractivity contribution in [3.8, 4) is 0 Å². The van der Waals surface area contributed by atoms with Crippen molar-refractivity contribution in [3.63, 3.8) is 0 Å². The van der Waals surface area contributed by atoms with Crippen molar-refractivity contribution < 1.29 is 4.79 Å². The first-order valence-corrected chi connectivity index (χ1v) is 6.25. The molecule has 4 heteroatoms. The van der Waals surface area contributed by atoms with Gasteiger partial charge in [-0.25, -0.2) is 4.79 Å². The predicted octanol–water partition coefficient (Wildman–Crippen LogP) is 3.65. The van der Waals surface area contributed by atoms with Crippen LogP contribution < -0.4 is 16.0 Å². The summed E-state index contributed by atoms with van der Waals surface area (Å²) in [6.45, 7) is 5.44. The number of hydrogen-bond acceptors (Lipinski definition) is 2. The molecule has 0 unspecified atom stereocenters. The van der Waals surface area contributed by atoms with Gasteiger partial charge in [-0.05, 0) is 43.3 Å². The number of anilines is 3. The molecule has 0 fully saturated rings. The van der Waals surface area contributed by atoms with Crippen molar-refractivity contribution in [2.24, 2.45) is 0 Å². The number of hydrogen-bond donors (Lipinski definition) is 2. The quantitative estimate of drug-likeness (QED) is 0.834. The molecule has 0 aliphatic heterocycles. The van der Waals surface area contributed by atoms with Crippen LogP contribution in [0, 0.1) is 0 Å². The zero-order chi connectivity index (χ0) is 14.5. The lowest BCUT2D eigenvalue weighted by Gasteiger charge is -2.23. The second-order valence-electron chi connectivity index (χ2n) is 4.47. The van der Waals surface area contributed by atoms with Gasteiger partial charge in [-0.15, -0.1) is 0 Å². The number of nitrogens with zero attached hydrogens (tertiary/aromatic N) is 1. The van der Waals surface area contributed by atoms with Gasteiger partial charge in [-0.1, -0.05) is 24.8 Å². The Morgan fingerprint density at radius 1 is 1.05 bits per heavy atom. The molecule has 0 aliphatic carbocycles. The molecule has 4 nitrogen and oxygen atoms in total. The average Bonchev–Trinajstić information content (AvgIpc) is 2.42. The van der Waals surface area contributed by atoms with Crippen molar-refractivity contribution in [2.45, 2.75) is 6.92 Å². The minimum Gasteiger partial charge on any atom is -0.399 e. The van der Waals surface area contributed by atoms with E-state index in [4.69, 9.17) is 5.73 Å². The summed E-state index contributed by atoms with van der Waals surface area (Å²) >= 11 is 0. The van der Waals surface area contributed by atoms with Crippen LogP contribution in [-0.2, 0) is 0 Å². The Hall–Kier alpha value is -2.75. The van der Waals surface area contributed by atoms with E-state index in [0.29, 0.717) is 11.4 Å². The van der Waals surface area contributed by atoms with E-state index < -0.39 is 0 Å². The molecule has 2 aromatic carbocycles. The SMILES string of the molecule is C=C(C)NC(=O)N(c1ccccc1)c1ccc(N)cc1. The van der Waals surface area contributed by atoms with E-state index in [2.05, 4.69) is 11.9 Å². The van der Waals surface area contributed by atoms with Crippen LogP contribution in [0.5, 0.6) is 0 Å². The van der Waals surface area contributed by atoms with Crippen molar-refractivity contribution in [1.82, 2.24) is 5.32 Å². The Kier molecular flexibility index (Phi) is 4.05. The normalized spacial score (nSPS) is 9.85. The van der Waals surface area contributed by atoms with E-state index in [1.807, 2.05) is 30.3 Å². The zero-order valence-electron chi connectivity index (χ0n) is 11.3. The first kappa shape index (κ1) is 13.7. The molecule has 0 radical (unpaired) electrons. The summed E-state index contributed by atoms with van der Waals surface area (Å²) in [5.41, 5.74) is 8.45. The van der Waals surface area contributed by atoms with Crippen molar-refractivity contribution in [3.05, 3.63) is 66.9 Å². The summed E-state index contributed by atoms with van der Waals surface area (Å²) in [5.74, 6) is 0. The number of carbonyl (C=O) groups is 1. The zero-order valence-corrected chi connectivity index (χ0v) is 11.3. The number of nitrogens with two attached hydrogens (primary N) is 1. The lowest BCUT2D eigenvalue weighted by Crippen LogP contribution is -2.35. The van der Waals surface area contributed by atoms with Crippen molar-refractivity contribution >= 4 is 23.1 Å². The molecule has 102 valence electrons. The van der Waals surface area contributed by atoms with E-state index in [1.165, 1.54) is 0 Å². The molecule has 2 rings (SSSR count). The second-order valence-corrected chi connectivity index (χ2v) is 4.47. The minimum absolute atomic E-state index is 0.256. The van der Waals surface area contributed by atoms with Crippen LogP contribution in [0.25, 0.3) is 0 Å². The van der Waals surface area contributed by atoms with Gasteiger partial charge in [0, 0.05) is 11.4 Å². The second kappa shape index (κ2) is 5.93. The summed E-state index contributed by atoms with van der Waals surface area (Å²) in [6.07, 6.45) is 0. The maximum Gasteiger partial charge on any atom is 0.330 e. The van der Waals surface area contributed by atoms with Gasteiger partial charge in [-0.3, -0.25) is 4.90 Å². The van der Waals surface area contributed by atoms with Crippen LogP contribution in [-0.4, -0.2) is 6.03 Å². The van der Waals surface area contributed by atoms with E-state index in [9.17, 15) is 4.79 Å². The molecular formula is C16H17N3O. The van der Waals surface area contributed by atoms with Crippen LogP contribution in [0.1, 0.15) is 6.92 Å². The number of nitrogen functional groups attached to an aromatic ring is 1. The van der Waals surface area contributed by atoms with Crippen LogP contribution in [0.2, 0.25) is 0 Å². The number of benzene rings is 2. The third-order valence-corrected chi connectivity index (χ3v) is 2.69. The standard InChI is InChI=1S/C16H17N3O/c1-12(2)18-16(20)19(14-6-4-3-5-7-14)15-10-8-13(17)9-11-15/h3-11H,1,17H2,2H3,(H,18,20). The lowest BCUT2D eigenvalue weighted by molar-refractivity contribution is 0.251. The largest absolute Gasteiger partial charge is 0.399 e. The molecule has 2 aromatic rings. The molecule has 0 aromatic heterocycles. The van der Waals surface area contributed by atoms with Gasteiger partial charge < -0.3 is 11.1 Å². The molecule has 20 heavy (non-hydrogen) atoms. The Labute approximate surface area is 118 Å². The number of para-hydroxylation sites is 1. The molecule has 0 heterocycles. The van der Waals surface area contributed by atoms with E-state index in [0.717, 1.165) is 11.4 Å². The highest BCUT2D eigenvalue weighted by Gasteiger charge is 2.17. The van der Waals surface area contributed by atoms with Crippen LogP contribution in [0.4, 0.5) is 21.9 Å². The fraction of sp³-hybridized carbons (Fsp3) is 0.0625. The minimum atomic E-state index is -0.256. The Bertz CT molecular complexity index is 605. The molecule has 0 bridgehead atoms. The number of nitrogens with one attached hydrogen (secondary N) is 1. The Balaban J connectivity index is 2.41. The number of rotatable bonds is 3. The lowest BCUT2D eigenvalue weighted by atomic mass is 10.2. The summed E-state index contributed by atoms with van der Waals surface area (Å²) in [5, 5.41) is 2.72. The van der Waals surface area contributed by atoms with Crippen LogP contribution >= 0.6 is 0 Å². The van der Waals surface area contributed by atoms with Gasteiger partial charge >= 0.3 is 6.03 Å². The summed E-state index contributed by atoms with van der Waals surface area (Å²) < 4.78 is 0. The molecule has 3 N–H and O–H groups in total. The highest BCUT2D eigenvalue weighted by atomic mass is 16.2. The first-order chi connectivity index (χ1) is 9.58. The molecule has 2 amide bonds. The number of carbonyl (C=O) groups excluding carboxylic acids is 1. The number of amides is 2. The van der Waals surface area contributed by atoms with Gasteiger partial charge in [0.2, 0.25) is 0 Å². The van der Waals surface area contributed by atoms with Gasteiger partial charge in [-0.2, -0.15) is 0 Å². The Morgan fingerprint density at radius 2 is 1.60 bits per heavy atom.